The first-order valence-corrected chi connectivity index (χ1v) is 4.50. The van der Waals surface area contributed by atoms with Crippen LogP contribution in [0.15, 0.2) is 16.0 Å². The van der Waals surface area contributed by atoms with E-state index < -0.39 is 11.3 Å². The number of amidine groups is 1. The zero-order valence-electron chi connectivity index (χ0n) is 8.43. The van der Waals surface area contributed by atoms with Gasteiger partial charge in [-0.25, -0.2) is 4.68 Å². The molecule has 0 bridgehead atoms. The highest BCUT2D eigenvalue weighted by Gasteiger charge is 2.30. The molecule has 78 valence electrons. The minimum absolute atomic E-state index is 0.0682. The average molecular weight is 213 g/mol. The van der Waals surface area contributed by atoms with E-state index in [4.69, 9.17) is 16.3 Å². The summed E-state index contributed by atoms with van der Waals surface area (Å²) in [6.45, 7) is 1.67. The fourth-order valence-electron chi connectivity index (χ4n) is 1.70. The molecule has 0 spiro atoms. The van der Waals surface area contributed by atoms with E-state index >= 15 is 0 Å². The molecule has 2 rings (SSSR count). The molecule has 0 aromatic carbocycles. The van der Waals surface area contributed by atoms with Gasteiger partial charge in [0.25, 0.3) is 0 Å². The Bertz CT molecular complexity index is 641. The van der Waals surface area contributed by atoms with Crippen LogP contribution in [0.3, 0.4) is 0 Å². The lowest BCUT2D eigenvalue weighted by atomic mass is 10.0. The zero-order chi connectivity index (χ0) is 11.9. The van der Waals surface area contributed by atoms with Crippen LogP contribution in [0.5, 0.6) is 0 Å². The lowest BCUT2D eigenvalue weighted by Gasteiger charge is -2.07. The second-order valence-electron chi connectivity index (χ2n) is 3.42. The standard InChI is InChI=1S/C10H7N5O/c1-5-2-8(16)6(3-11)9-7(4-12)10(13)14-15(5)9/h2,7H,1H3,(H2,13,14). The Hall–Kier alpha value is -2.60. The van der Waals surface area contributed by atoms with Gasteiger partial charge in [0.2, 0.25) is 0 Å². The quantitative estimate of drug-likeness (QED) is 0.641. The number of nitriles is 2. The summed E-state index contributed by atoms with van der Waals surface area (Å²) in [7, 11) is 0. The van der Waals surface area contributed by atoms with E-state index in [1.807, 2.05) is 6.07 Å². The molecule has 0 amide bonds. The van der Waals surface area contributed by atoms with Crippen molar-refractivity contribution in [1.82, 2.24) is 4.68 Å². The van der Waals surface area contributed by atoms with Gasteiger partial charge in [0.1, 0.15) is 23.4 Å². The largest absolute Gasteiger partial charge is 0.384 e. The molecule has 0 saturated heterocycles. The van der Waals surface area contributed by atoms with Gasteiger partial charge in [-0.15, -0.1) is 0 Å². The van der Waals surface area contributed by atoms with Crippen molar-refractivity contribution in [2.75, 3.05) is 0 Å². The Morgan fingerprint density at radius 3 is 2.81 bits per heavy atom. The number of pyridine rings is 1. The number of rotatable bonds is 0. The maximum Gasteiger partial charge on any atom is 0.200 e. The first-order valence-electron chi connectivity index (χ1n) is 4.50. The van der Waals surface area contributed by atoms with Crippen molar-refractivity contribution < 1.29 is 0 Å². The summed E-state index contributed by atoms with van der Waals surface area (Å²) < 4.78 is 1.38. The van der Waals surface area contributed by atoms with Crippen molar-refractivity contribution >= 4 is 5.84 Å². The van der Waals surface area contributed by atoms with Crippen LogP contribution in [0.25, 0.3) is 0 Å². The second kappa shape index (κ2) is 3.21. The lowest BCUT2D eigenvalue weighted by molar-refractivity contribution is 0.798. The van der Waals surface area contributed by atoms with Gasteiger partial charge in [-0.05, 0) is 6.92 Å². The van der Waals surface area contributed by atoms with E-state index in [9.17, 15) is 4.79 Å². The highest BCUT2D eigenvalue weighted by molar-refractivity contribution is 5.92. The van der Waals surface area contributed by atoms with Crippen molar-refractivity contribution in [3.8, 4) is 12.1 Å². The van der Waals surface area contributed by atoms with E-state index in [0.29, 0.717) is 5.69 Å². The summed E-state index contributed by atoms with van der Waals surface area (Å²) in [5.41, 5.74) is 5.93. The predicted octanol–water partition coefficient (Wildman–Crippen LogP) is -0.231. The van der Waals surface area contributed by atoms with Crippen molar-refractivity contribution in [3.63, 3.8) is 0 Å². The molecule has 2 N–H and O–H groups in total. The van der Waals surface area contributed by atoms with E-state index in [-0.39, 0.29) is 17.1 Å². The molecular weight excluding hydrogens is 206 g/mol. The van der Waals surface area contributed by atoms with Gasteiger partial charge in [-0.2, -0.15) is 15.6 Å². The molecule has 1 atom stereocenters. The summed E-state index contributed by atoms with van der Waals surface area (Å²) in [6, 6.07) is 5.03. The van der Waals surface area contributed by atoms with Crippen LogP contribution in [-0.2, 0) is 0 Å². The minimum Gasteiger partial charge on any atom is -0.384 e. The van der Waals surface area contributed by atoms with Gasteiger partial charge in [0, 0.05) is 11.8 Å². The van der Waals surface area contributed by atoms with Crippen LogP contribution >= 0.6 is 0 Å². The molecule has 1 aromatic rings. The van der Waals surface area contributed by atoms with Crippen molar-refractivity contribution in [2.24, 2.45) is 10.8 Å². The van der Waals surface area contributed by atoms with Gasteiger partial charge in [0.05, 0.1) is 11.8 Å². The Balaban J connectivity index is 2.89. The number of hydrogen-bond donors (Lipinski definition) is 1. The highest BCUT2D eigenvalue weighted by Crippen LogP contribution is 2.24. The van der Waals surface area contributed by atoms with Gasteiger partial charge < -0.3 is 5.73 Å². The van der Waals surface area contributed by atoms with Crippen LogP contribution in [0.1, 0.15) is 22.9 Å². The first-order chi connectivity index (χ1) is 7.60. The number of hydrogen-bond acceptors (Lipinski definition) is 5. The smallest absolute Gasteiger partial charge is 0.200 e. The third-order valence-electron chi connectivity index (χ3n) is 2.43. The zero-order valence-corrected chi connectivity index (χ0v) is 8.43. The Labute approximate surface area is 90.8 Å². The summed E-state index contributed by atoms with van der Waals surface area (Å²) in [5.74, 6) is -0.713. The lowest BCUT2D eigenvalue weighted by Crippen LogP contribution is -2.20. The van der Waals surface area contributed by atoms with E-state index in [2.05, 4.69) is 5.10 Å². The van der Waals surface area contributed by atoms with Crippen LogP contribution < -0.4 is 11.2 Å². The van der Waals surface area contributed by atoms with Gasteiger partial charge in [-0.3, -0.25) is 4.79 Å². The molecule has 0 aliphatic carbocycles. The molecule has 16 heavy (non-hydrogen) atoms. The summed E-state index contributed by atoms with van der Waals surface area (Å²) in [5, 5.41) is 21.8. The van der Waals surface area contributed by atoms with Crippen molar-refractivity contribution in [2.45, 2.75) is 12.8 Å². The normalized spacial score (nSPS) is 17.2. The van der Waals surface area contributed by atoms with E-state index in [1.54, 1.807) is 13.0 Å². The number of nitrogens with zero attached hydrogens (tertiary/aromatic N) is 4. The van der Waals surface area contributed by atoms with E-state index in [0.717, 1.165) is 0 Å². The predicted molar refractivity (Wildman–Crippen MR) is 55.5 cm³/mol. The van der Waals surface area contributed by atoms with Crippen LogP contribution in [-0.4, -0.2) is 10.5 Å². The second-order valence-corrected chi connectivity index (χ2v) is 3.42. The molecule has 0 fully saturated rings. The van der Waals surface area contributed by atoms with Crippen LogP contribution in [0.2, 0.25) is 0 Å². The third-order valence-corrected chi connectivity index (χ3v) is 2.43. The van der Waals surface area contributed by atoms with Gasteiger partial charge in [0.15, 0.2) is 5.43 Å². The summed E-state index contributed by atoms with van der Waals surface area (Å²) in [4.78, 5) is 11.6. The minimum atomic E-state index is -0.817. The SMILES string of the molecule is Cc1cc(=O)c(C#N)c2n1N=C(N)C2C#N. The highest BCUT2D eigenvalue weighted by atomic mass is 16.1. The number of aryl methyl sites for hydroxylation is 1. The molecule has 1 unspecified atom stereocenters. The molecule has 1 aromatic heterocycles. The molecule has 0 radical (unpaired) electrons. The fraction of sp³-hybridized carbons (Fsp3) is 0.200. The Morgan fingerprint density at radius 1 is 1.56 bits per heavy atom. The maximum absolute atomic E-state index is 11.6. The summed E-state index contributed by atoms with van der Waals surface area (Å²) >= 11 is 0. The summed E-state index contributed by atoms with van der Waals surface area (Å²) in [6.07, 6.45) is 0. The molecule has 0 saturated carbocycles. The first kappa shape index (κ1) is 9.94. The molecule has 1 aliphatic rings. The topological polar surface area (TPSA) is 108 Å². The molecule has 2 heterocycles. The molecule has 1 aliphatic heterocycles. The number of nitrogens with two attached hydrogens (primary N) is 1. The van der Waals surface area contributed by atoms with Gasteiger partial charge in [-0.1, -0.05) is 0 Å². The fourth-order valence-corrected chi connectivity index (χ4v) is 1.70. The van der Waals surface area contributed by atoms with Crippen LogP contribution in [0, 0.1) is 29.6 Å². The van der Waals surface area contributed by atoms with Crippen molar-refractivity contribution in [1.29, 1.82) is 10.5 Å². The number of fused-ring (bicyclic) bond motifs is 1. The van der Waals surface area contributed by atoms with Gasteiger partial charge >= 0.3 is 0 Å². The Morgan fingerprint density at radius 2 is 2.25 bits per heavy atom. The average Bonchev–Trinajstić information content (AvgIpc) is 2.56. The molecule has 6 nitrogen and oxygen atoms in total. The Kier molecular flexibility index (Phi) is 1.99. The third kappa shape index (κ3) is 1.11. The monoisotopic (exact) mass is 213 g/mol. The van der Waals surface area contributed by atoms with E-state index in [1.165, 1.54) is 10.7 Å². The number of aromatic nitrogens is 1. The maximum atomic E-state index is 11.6. The van der Waals surface area contributed by atoms with Crippen LogP contribution in [0.4, 0.5) is 0 Å². The molecular formula is C10H7N5O. The van der Waals surface area contributed by atoms with Crippen molar-refractivity contribution in [3.05, 3.63) is 33.2 Å². The molecule has 6 heteroatoms.